The summed E-state index contributed by atoms with van der Waals surface area (Å²) in [5, 5.41) is 2.60. The number of nitrogens with one attached hydrogen (secondary N) is 1. The highest BCUT2D eigenvalue weighted by Crippen LogP contribution is 2.24. The Labute approximate surface area is 201 Å². The first kappa shape index (κ1) is 23.6. The third kappa shape index (κ3) is 7.26. The average Bonchev–Trinajstić information content (AvgIpc) is 2.82. The van der Waals surface area contributed by atoms with E-state index < -0.39 is 18.1 Å². The smallest absolute Gasteiger partial charge is 0.408 e. The molecule has 3 aromatic rings. The molecule has 1 N–H and O–H groups in total. The minimum absolute atomic E-state index is 0.117. The second-order valence-electron chi connectivity index (χ2n) is 7.02. The number of halogens is 1. The molecule has 3 rings (SSSR count). The Morgan fingerprint density at radius 3 is 2.09 bits per heavy atom. The number of hydrogen-bond donors (Lipinski definition) is 1. The number of hydrogen-bond acceptors (Lipinski definition) is 5. The van der Waals surface area contributed by atoms with Gasteiger partial charge in [-0.05, 0) is 51.4 Å². The lowest BCUT2D eigenvalue weighted by Crippen LogP contribution is -2.43. The molecule has 0 heterocycles. The van der Waals surface area contributed by atoms with Crippen molar-refractivity contribution in [2.75, 3.05) is 7.11 Å². The van der Waals surface area contributed by atoms with Gasteiger partial charge in [0.05, 0.1) is 10.7 Å². The number of amides is 1. The van der Waals surface area contributed by atoms with Gasteiger partial charge >= 0.3 is 12.1 Å². The van der Waals surface area contributed by atoms with Crippen LogP contribution in [-0.4, -0.2) is 25.2 Å². The first-order valence-electron chi connectivity index (χ1n) is 10.1. The normalized spacial score (nSPS) is 11.3. The Morgan fingerprint density at radius 1 is 0.875 bits per heavy atom. The summed E-state index contributed by atoms with van der Waals surface area (Å²) in [6, 6.07) is 24.0. The van der Waals surface area contributed by atoms with Crippen molar-refractivity contribution < 1.29 is 23.8 Å². The molecule has 1 amide bonds. The van der Waals surface area contributed by atoms with E-state index in [0.717, 1.165) is 26.0 Å². The summed E-state index contributed by atoms with van der Waals surface area (Å²) in [5.41, 5.74) is 2.80. The summed E-state index contributed by atoms with van der Waals surface area (Å²) in [6.45, 7) is 0.585. The van der Waals surface area contributed by atoms with Crippen LogP contribution in [0.1, 0.15) is 16.7 Å². The SMILES string of the molecule is COC(=O)C(Cc1ccc(OCc2ccccc2)c(I)c1)NC(=O)OCc1ccccc1. The number of rotatable bonds is 9. The molecule has 0 aliphatic rings. The minimum Gasteiger partial charge on any atom is -0.488 e. The lowest BCUT2D eigenvalue weighted by Gasteiger charge is -2.17. The number of methoxy groups -OCH3 is 1. The molecule has 0 saturated carbocycles. The van der Waals surface area contributed by atoms with Crippen molar-refractivity contribution >= 4 is 34.7 Å². The average molecular weight is 545 g/mol. The van der Waals surface area contributed by atoms with E-state index in [1.165, 1.54) is 7.11 Å². The van der Waals surface area contributed by atoms with E-state index in [-0.39, 0.29) is 13.0 Å². The molecular formula is C25H24INO5. The van der Waals surface area contributed by atoms with Crippen LogP contribution in [0.5, 0.6) is 5.75 Å². The highest BCUT2D eigenvalue weighted by molar-refractivity contribution is 14.1. The van der Waals surface area contributed by atoms with Crippen LogP contribution in [0.15, 0.2) is 78.9 Å². The quantitative estimate of drug-likeness (QED) is 0.307. The summed E-state index contributed by atoms with van der Waals surface area (Å²) in [4.78, 5) is 24.4. The highest BCUT2D eigenvalue weighted by atomic mass is 127. The Balaban J connectivity index is 1.59. The van der Waals surface area contributed by atoms with E-state index in [2.05, 4.69) is 27.9 Å². The zero-order valence-corrected chi connectivity index (χ0v) is 19.8. The van der Waals surface area contributed by atoms with E-state index in [1.807, 2.05) is 78.9 Å². The van der Waals surface area contributed by atoms with Gasteiger partial charge in [-0.2, -0.15) is 0 Å². The molecule has 3 aromatic carbocycles. The Hall–Kier alpha value is -3.07. The summed E-state index contributed by atoms with van der Waals surface area (Å²) < 4.78 is 16.9. The number of carbonyl (C=O) groups excluding carboxylic acids is 2. The fraction of sp³-hybridized carbons (Fsp3) is 0.200. The molecule has 0 bridgehead atoms. The van der Waals surface area contributed by atoms with Crippen LogP contribution in [-0.2, 0) is 33.9 Å². The van der Waals surface area contributed by atoms with Crippen molar-refractivity contribution in [1.29, 1.82) is 0 Å². The molecule has 0 spiro atoms. The topological polar surface area (TPSA) is 73.9 Å². The zero-order valence-electron chi connectivity index (χ0n) is 17.6. The largest absolute Gasteiger partial charge is 0.488 e. The van der Waals surface area contributed by atoms with Crippen LogP contribution < -0.4 is 10.1 Å². The van der Waals surface area contributed by atoms with Crippen LogP contribution in [0, 0.1) is 3.57 Å². The molecule has 7 heteroatoms. The molecule has 32 heavy (non-hydrogen) atoms. The third-order valence-electron chi connectivity index (χ3n) is 4.66. The molecule has 6 nitrogen and oxygen atoms in total. The van der Waals surface area contributed by atoms with Gasteiger partial charge in [0.1, 0.15) is 25.0 Å². The fourth-order valence-electron chi connectivity index (χ4n) is 3.00. The minimum atomic E-state index is -0.866. The summed E-state index contributed by atoms with van der Waals surface area (Å²) in [6.07, 6.45) is -0.413. The predicted molar refractivity (Wildman–Crippen MR) is 129 cm³/mol. The number of alkyl carbamates (subject to hydrolysis) is 1. The molecule has 0 radical (unpaired) electrons. The summed E-state index contributed by atoms with van der Waals surface area (Å²) >= 11 is 2.19. The van der Waals surface area contributed by atoms with Crippen molar-refractivity contribution in [3.63, 3.8) is 0 Å². The standard InChI is InChI=1S/C25H24INO5/c1-30-24(28)22(27-25(29)32-17-19-10-6-3-7-11-19)15-20-12-13-23(21(26)14-20)31-16-18-8-4-2-5-9-18/h2-14,22H,15-17H2,1H3,(H,27,29). The second-order valence-corrected chi connectivity index (χ2v) is 8.19. The van der Waals surface area contributed by atoms with Gasteiger partial charge in [0.2, 0.25) is 0 Å². The van der Waals surface area contributed by atoms with Crippen LogP contribution in [0.3, 0.4) is 0 Å². The van der Waals surface area contributed by atoms with E-state index in [0.29, 0.717) is 6.61 Å². The van der Waals surface area contributed by atoms with Gasteiger partial charge in [-0.3, -0.25) is 0 Å². The molecule has 1 unspecified atom stereocenters. The number of carbonyl (C=O) groups is 2. The van der Waals surface area contributed by atoms with Gasteiger partial charge < -0.3 is 19.5 Å². The number of ether oxygens (including phenoxy) is 3. The Bertz CT molecular complexity index is 1030. The van der Waals surface area contributed by atoms with Crippen LogP contribution in [0.25, 0.3) is 0 Å². The van der Waals surface area contributed by atoms with Gasteiger partial charge in [-0.15, -0.1) is 0 Å². The lowest BCUT2D eigenvalue weighted by atomic mass is 10.1. The van der Waals surface area contributed by atoms with Gasteiger partial charge in [0, 0.05) is 6.42 Å². The zero-order chi connectivity index (χ0) is 22.8. The Kier molecular flexibility index (Phi) is 8.91. The lowest BCUT2D eigenvalue weighted by molar-refractivity contribution is -0.143. The van der Waals surface area contributed by atoms with Crippen molar-refractivity contribution in [2.45, 2.75) is 25.7 Å². The molecule has 166 valence electrons. The molecule has 0 aromatic heterocycles. The molecule has 1 atom stereocenters. The first-order chi connectivity index (χ1) is 15.5. The van der Waals surface area contributed by atoms with Crippen LogP contribution >= 0.6 is 22.6 Å². The monoisotopic (exact) mass is 545 g/mol. The number of benzene rings is 3. The van der Waals surface area contributed by atoms with Crippen molar-refractivity contribution in [3.05, 3.63) is 99.1 Å². The maximum Gasteiger partial charge on any atom is 0.408 e. The maximum atomic E-state index is 12.2. The molecule has 0 aliphatic heterocycles. The van der Waals surface area contributed by atoms with Crippen molar-refractivity contribution in [3.8, 4) is 5.75 Å². The highest BCUT2D eigenvalue weighted by Gasteiger charge is 2.23. The van der Waals surface area contributed by atoms with Crippen molar-refractivity contribution in [1.82, 2.24) is 5.32 Å². The Morgan fingerprint density at radius 2 is 1.50 bits per heavy atom. The molecule has 0 aliphatic carbocycles. The van der Waals surface area contributed by atoms with Gasteiger partial charge in [0.15, 0.2) is 0 Å². The maximum absolute atomic E-state index is 12.2. The second kappa shape index (κ2) is 12.1. The molecule has 0 saturated heterocycles. The predicted octanol–water partition coefficient (Wildman–Crippen LogP) is 4.88. The van der Waals surface area contributed by atoms with E-state index in [1.54, 1.807) is 0 Å². The summed E-state index contributed by atoms with van der Waals surface area (Å²) in [7, 11) is 1.29. The van der Waals surface area contributed by atoms with Crippen molar-refractivity contribution in [2.24, 2.45) is 0 Å². The van der Waals surface area contributed by atoms with E-state index in [4.69, 9.17) is 14.2 Å². The molecular weight excluding hydrogens is 521 g/mol. The van der Waals surface area contributed by atoms with Gasteiger partial charge in [-0.1, -0.05) is 66.7 Å². The number of esters is 1. The van der Waals surface area contributed by atoms with E-state index >= 15 is 0 Å². The summed E-state index contributed by atoms with van der Waals surface area (Å²) in [5.74, 6) is 0.212. The van der Waals surface area contributed by atoms with Crippen LogP contribution in [0.4, 0.5) is 4.79 Å². The molecule has 0 fully saturated rings. The van der Waals surface area contributed by atoms with Gasteiger partial charge in [-0.25, -0.2) is 9.59 Å². The first-order valence-corrected chi connectivity index (χ1v) is 11.1. The van der Waals surface area contributed by atoms with Gasteiger partial charge in [0.25, 0.3) is 0 Å². The fourth-order valence-corrected chi connectivity index (χ4v) is 3.74. The van der Waals surface area contributed by atoms with Crippen LogP contribution in [0.2, 0.25) is 0 Å². The van der Waals surface area contributed by atoms with E-state index in [9.17, 15) is 9.59 Å². The third-order valence-corrected chi connectivity index (χ3v) is 5.51.